The van der Waals surface area contributed by atoms with Gasteiger partial charge in [0.2, 0.25) is 0 Å². The average Bonchev–Trinajstić information content (AvgIpc) is 2.92. The van der Waals surface area contributed by atoms with Crippen molar-refractivity contribution in [1.82, 2.24) is 0 Å². The second-order valence-electron chi connectivity index (χ2n) is 11.9. The topological polar surface area (TPSA) is 74.2 Å². The van der Waals surface area contributed by atoms with Gasteiger partial charge in [-0.05, 0) is 75.4 Å². The highest BCUT2D eigenvalue weighted by Crippen LogP contribution is 2.63. The van der Waals surface area contributed by atoms with E-state index in [1.807, 2.05) is 20.8 Å². The summed E-state index contributed by atoms with van der Waals surface area (Å²) < 4.78 is 25.1. The Kier molecular flexibility index (Phi) is 6.07. The lowest BCUT2D eigenvalue weighted by Crippen LogP contribution is -2.68. The maximum atomic E-state index is 13.8. The summed E-state index contributed by atoms with van der Waals surface area (Å²) in [5.74, 6) is 0.344. The monoisotopic (exact) mass is 474 g/mol. The Morgan fingerprint density at radius 3 is 2.62 bits per heavy atom. The molecular weight excluding hydrogens is 432 g/mol. The molecule has 6 nitrogen and oxygen atoms in total. The summed E-state index contributed by atoms with van der Waals surface area (Å²) in [5, 5.41) is 12.1. The molecule has 5 aliphatic rings. The minimum Gasteiger partial charge on any atom is -0.469 e. The average molecular weight is 475 g/mol. The first kappa shape index (κ1) is 24.5. The second-order valence-corrected chi connectivity index (χ2v) is 11.9. The van der Waals surface area contributed by atoms with Gasteiger partial charge in [-0.25, -0.2) is 0 Å². The standard InChI is InChI=1S/C28H42O6/c1-8-31-20-12-10-18-13-14(2)21(17(5)23(18)32-20)22(29)26-28-15(3)9-11-19(16(4)24(28)30)25(28)33-27(6,7)34-26/h14-15,17,19-22,25-26,29H,4,8-13H2,1-3,5-7H3. The molecule has 5 rings (SSSR count). The van der Waals surface area contributed by atoms with E-state index in [9.17, 15) is 9.90 Å². The molecule has 6 heteroatoms. The lowest BCUT2D eigenvalue weighted by Gasteiger charge is -2.58. The van der Waals surface area contributed by atoms with Crippen LogP contribution >= 0.6 is 0 Å². The number of hydrogen-bond acceptors (Lipinski definition) is 6. The Morgan fingerprint density at radius 1 is 1.18 bits per heavy atom. The Morgan fingerprint density at radius 2 is 1.91 bits per heavy atom. The van der Waals surface area contributed by atoms with Gasteiger partial charge in [0.1, 0.15) is 11.9 Å². The van der Waals surface area contributed by atoms with E-state index in [1.54, 1.807) is 0 Å². The zero-order valence-electron chi connectivity index (χ0n) is 21.6. The Labute approximate surface area is 204 Å². The van der Waals surface area contributed by atoms with Gasteiger partial charge in [0.25, 0.3) is 0 Å². The molecule has 2 bridgehead atoms. The minimum atomic E-state index is -0.885. The number of allylic oxidation sites excluding steroid dienone is 2. The summed E-state index contributed by atoms with van der Waals surface area (Å²) in [5.41, 5.74) is 1.11. The predicted molar refractivity (Wildman–Crippen MR) is 127 cm³/mol. The van der Waals surface area contributed by atoms with Crippen LogP contribution in [0, 0.1) is 35.0 Å². The van der Waals surface area contributed by atoms with Crippen LogP contribution in [-0.4, -0.2) is 47.9 Å². The van der Waals surface area contributed by atoms with Crippen LogP contribution in [0.5, 0.6) is 0 Å². The summed E-state index contributed by atoms with van der Waals surface area (Å²) in [6.45, 7) is 17.1. The first-order valence-corrected chi connectivity index (χ1v) is 13.3. The lowest BCUT2D eigenvalue weighted by atomic mass is 9.58. The van der Waals surface area contributed by atoms with Crippen molar-refractivity contribution in [3.8, 4) is 0 Å². The number of ether oxygens (including phenoxy) is 4. The zero-order valence-corrected chi connectivity index (χ0v) is 21.6. The van der Waals surface area contributed by atoms with Crippen molar-refractivity contribution < 1.29 is 28.8 Å². The molecule has 0 aromatic rings. The van der Waals surface area contributed by atoms with Gasteiger partial charge in [-0.1, -0.05) is 27.4 Å². The normalized spacial score (nSPS) is 46.6. The smallest absolute Gasteiger partial charge is 0.199 e. The van der Waals surface area contributed by atoms with Crippen LogP contribution in [0.4, 0.5) is 0 Å². The fourth-order valence-electron chi connectivity index (χ4n) is 8.09. The van der Waals surface area contributed by atoms with Crippen molar-refractivity contribution >= 4 is 5.78 Å². The molecule has 2 aliphatic heterocycles. The molecule has 0 spiro atoms. The summed E-state index contributed by atoms with van der Waals surface area (Å²) in [6, 6.07) is 0. The third kappa shape index (κ3) is 3.39. The van der Waals surface area contributed by atoms with E-state index in [4.69, 9.17) is 18.9 Å². The van der Waals surface area contributed by atoms with Gasteiger partial charge in [-0.3, -0.25) is 4.79 Å². The van der Waals surface area contributed by atoms with Crippen molar-refractivity contribution in [2.24, 2.45) is 35.0 Å². The molecule has 0 aromatic carbocycles. The molecule has 2 saturated carbocycles. The quantitative estimate of drug-likeness (QED) is 0.593. The first-order valence-electron chi connectivity index (χ1n) is 13.3. The number of aliphatic hydroxyl groups is 1. The van der Waals surface area contributed by atoms with Crippen molar-refractivity contribution in [1.29, 1.82) is 0 Å². The first-order chi connectivity index (χ1) is 16.0. The number of carbonyl (C=O) groups excluding carboxylic acids is 1. The Bertz CT molecular complexity index is 891. The molecule has 3 aliphatic carbocycles. The molecule has 190 valence electrons. The number of rotatable bonds is 4. The largest absolute Gasteiger partial charge is 0.469 e. The second kappa shape index (κ2) is 8.43. The van der Waals surface area contributed by atoms with Crippen molar-refractivity contribution in [2.75, 3.05) is 6.61 Å². The molecule has 34 heavy (non-hydrogen) atoms. The Hall–Kier alpha value is -1.21. The zero-order chi connectivity index (χ0) is 24.6. The van der Waals surface area contributed by atoms with E-state index in [-0.39, 0.29) is 47.8 Å². The number of Topliss-reactive ketones (excluding diaryl/α,β-unsaturated/α-hetero) is 1. The molecule has 0 aromatic heterocycles. The molecule has 10 unspecified atom stereocenters. The van der Waals surface area contributed by atoms with E-state index >= 15 is 0 Å². The van der Waals surface area contributed by atoms with Gasteiger partial charge in [0.15, 0.2) is 17.9 Å². The fourth-order valence-corrected chi connectivity index (χ4v) is 8.09. The highest BCUT2D eigenvalue weighted by molar-refractivity contribution is 6.04. The number of aliphatic hydroxyl groups excluding tert-OH is 1. The molecule has 3 fully saturated rings. The molecule has 1 N–H and O–H groups in total. The maximum absolute atomic E-state index is 13.8. The fraction of sp³-hybridized carbons (Fsp3) is 0.821. The van der Waals surface area contributed by atoms with Gasteiger partial charge in [-0.15, -0.1) is 0 Å². The van der Waals surface area contributed by atoms with Gasteiger partial charge < -0.3 is 24.1 Å². The molecule has 0 amide bonds. The van der Waals surface area contributed by atoms with Crippen molar-refractivity contribution in [3.05, 3.63) is 23.5 Å². The lowest BCUT2D eigenvalue weighted by molar-refractivity contribution is -0.369. The summed E-state index contributed by atoms with van der Waals surface area (Å²) >= 11 is 0. The third-order valence-corrected chi connectivity index (χ3v) is 9.55. The number of carbonyl (C=O) groups is 1. The number of hydrogen-bond donors (Lipinski definition) is 1. The highest BCUT2D eigenvalue weighted by atomic mass is 16.7. The van der Waals surface area contributed by atoms with Gasteiger partial charge in [-0.2, -0.15) is 0 Å². The van der Waals surface area contributed by atoms with Crippen molar-refractivity contribution in [3.63, 3.8) is 0 Å². The molecule has 10 atom stereocenters. The van der Waals surface area contributed by atoms with Gasteiger partial charge >= 0.3 is 0 Å². The number of ketones is 1. The van der Waals surface area contributed by atoms with E-state index in [0.717, 1.165) is 37.9 Å². The Balaban J connectivity index is 1.52. The van der Waals surface area contributed by atoms with E-state index in [0.29, 0.717) is 12.2 Å². The minimum absolute atomic E-state index is 0.00529. The highest BCUT2D eigenvalue weighted by Gasteiger charge is 2.72. The summed E-state index contributed by atoms with van der Waals surface area (Å²) in [7, 11) is 0. The molecule has 0 radical (unpaired) electrons. The molecule has 1 saturated heterocycles. The predicted octanol–water partition coefficient (Wildman–Crippen LogP) is 4.76. The van der Waals surface area contributed by atoms with Crippen molar-refractivity contribution in [2.45, 2.75) is 104 Å². The van der Waals surface area contributed by atoms with Crippen LogP contribution < -0.4 is 0 Å². The van der Waals surface area contributed by atoms with Gasteiger partial charge in [0, 0.05) is 24.9 Å². The van der Waals surface area contributed by atoms with E-state index in [1.165, 1.54) is 5.57 Å². The molecular formula is C28H42O6. The van der Waals surface area contributed by atoms with Crippen LogP contribution in [0.15, 0.2) is 23.5 Å². The van der Waals surface area contributed by atoms with Crippen LogP contribution in [0.2, 0.25) is 0 Å². The van der Waals surface area contributed by atoms with E-state index < -0.39 is 23.4 Å². The van der Waals surface area contributed by atoms with Crippen LogP contribution in [0.1, 0.15) is 73.6 Å². The van der Waals surface area contributed by atoms with Crippen LogP contribution in [0.25, 0.3) is 0 Å². The maximum Gasteiger partial charge on any atom is 0.199 e. The SMILES string of the molecule is C=C1C(=O)C23C(C)CCC1C2OC(C)(C)OC3C(O)C1C(C)CC2=C(OC(OCC)CC2)C1C. The molecule has 2 heterocycles. The van der Waals surface area contributed by atoms with Crippen LogP contribution in [0.3, 0.4) is 0 Å². The third-order valence-electron chi connectivity index (χ3n) is 9.55. The van der Waals surface area contributed by atoms with Crippen LogP contribution in [-0.2, 0) is 23.7 Å². The summed E-state index contributed by atoms with van der Waals surface area (Å²) in [4.78, 5) is 13.8. The van der Waals surface area contributed by atoms with E-state index in [2.05, 4.69) is 27.4 Å². The van der Waals surface area contributed by atoms with Gasteiger partial charge in [0.05, 0.1) is 17.6 Å². The summed E-state index contributed by atoms with van der Waals surface area (Å²) in [6.07, 6.45) is 2.56.